The topological polar surface area (TPSA) is 71.5 Å². The number of ketones is 1. The molecule has 0 bridgehead atoms. The van der Waals surface area contributed by atoms with Crippen LogP contribution in [-0.4, -0.2) is 41.3 Å². The SMILES string of the molecule is CCCOc1ccc(C(=O)CCC(=O)Nc2nc(CN3CCC(C)CC3)cs2)cc1. The van der Waals surface area contributed by atoms with E-state index in [2.05, 4.69) is 22.1 Å². The molecule has 7 heteroatoms. The van der Waals surface area contributed by atoms with Crippen molar-refractivity contribution in [2.24, 2.45) is 5.92 Å². The van der Waals surface area contributed by atoms with Gasteiger partial charge in [0.15, 0.2) is 10.9 Å². The highest BCUT2D eigenvalue weighted by molar-refractivity contribution is 7.13. The van der Waals surface area contributed by atoms with Gasteiger partial charge in [-0.25, -0.2) is 4.98 Å². The number of thiazole rings is 1. The van der Waals surface area contributed by atoms with Gasteiger partial charge in [0.2, 0.25) is 5.91 Å². The predicted molar refractivity (Wildman–Crippen MR) is 120 cm³/mol. The molecule has 0 saturated carbocycles. The van der Waals surface area contributed by atoms with Crippen LogP contribution >= 0.6 is 11.3 Å². The summed E-state index contributed by atoms with van der Waals surface area (Å²) in [4.78, 5) is 31.5. The molecule has 1 aliphatic heterocycles. The van der Waals surface area contributed by atoms with Crippen molar-refractivity contribution in [3.63, 3.8) is 0 Å². The summed E-state index contributed by atoms with van der Waals surface area (Å²) in [6.45, 7) is 8.04. The summed E-state index contributed by atoms with van der Waals surface area (Å²) >= 11 is 1.44. The summed E-state index contributed by atoms with van der Waals surface area (Å²) in [5, 5.41) is 5.43. The fourth-order valence-corrected chi connectivity index (χ4v) is 4.11. The van der Waals surface area contributed by atoms with Crippen molar-refractivity contribution < 1.29 is 14.3 Å². The van der Waals surface area contributed by atoms with E-state index in [9.17, 15) is 9.59 Å². The number of amides is 1. The summed E-state index contributed by atoms with van der Waals surface area (Å²) in [6, 6.07) is 7.09. The Balaban J connectivity index is 1.41. The van der Waals surface area contributed by atoms with E-state index >= 15 is 0 Å². The van der Waals surface area contributed by atoms with Crippen LogP contribution in [-0.2, 0) is 11.3 Å². The van der Waals surface area contributed by atoms with Crippen LogP contribution in [0.5, 0.6) is 5.75 Å². The second kappa shape index (κ2) is 11.2. The number of nitrogens with one attached hydrogen (secondary N) is 1. The molecule has 0 atom stereocenters. The number of anilines is 1. The number of hydrogen-bond acceptors (Lipinski definition) is 6. The van der Waals surface area contributed by atoms with Gasteiger partial charge in [0, 0.05) is 30.3 Å². The smallest absolute Gasteiger partial charge is 0.226 e. The third-order valence-corrected chi connectivity index (χ3v) is 6.09. The Labute approximate surface area is 182 Å². The summed E-state index contributed by atoms with van der Waals surface area (Å²) < 4.78 is 5.52. The Kier molecular flexibility index (Phi) is 8.39. The first kappa shape index (κ1) is 22.4. The van der Waals surface area contributed by atoms with E-state index in [1.54, 1.807) is 24.3 Å². The van der Waals surface area contributed by atoms with Gasteiger partial charge in [-0.3, -0.25) is 14.5 Å². The number of aromatic nitrogens is 1. The zero-order valence-electron chi connectivity index (χ0n) is 17.9. The van der Waals surface area contributed by atoms with Crippen LogP contribution < -0.4 is 10.1 Å². The third kappa shape index (κ3) is 6.92. The Morgan fingerprint density at radius 2 is 1.93 bits per heavy atom. The van der Waals surface area contributed by atoms with Crippen LogP contribution in [0, 0.1) is 5.92 Å². The molecule has 2 aromatic rings. The molecule has 1 aromatic heterocycles. The molecule has 1 amide bonds. The van der Waals surface area contributed by atoms with Gasteiger partial charge in [0.1, 0.15) is 5.75 Å². The van der Waals surface area contributed by atoms with Crippen LogP contribution in [0.3, 0.4) is 0 Å². The average Bonchev–Trinajstić information content (AvgIpc) is 3.19. The number of ether oxygens (including phenoxy) is 1. The molecule has 1 saturated heterocycles. The van der Waals surface area contributed by atoms with Crippen LogP contribution in [0.1, 0.15) is 62.0 Å². The summed E-state index contributed by atoms with van der Waals surface area (Å²) in [7, 11) is 0. The number of Topliss-reactive ketones (excluding diaryl/α,β-unsaturated/α-hetero) is 1. The highest BCUT2D eigenvalue weighted by atomic mass is 32.1. The fraction of sp³-hybridized carbons (Fsp3) is 0.522. The van der Waals surface area contributed by atoms with E-state index in [1.807, 2.05) is 12.3 Å². The molecule has 1 aromatic carbocycles. The van der Waals surface area contributed by atoms with E-state index in [0.29, 0.717) is 17.3 Å². The fourth-order valence-electron chi connectivity index (χ4n) is 3.40. The van der Waals surface area contributed by atoms with Gasteiger partial charge in [-0.1, -0.05) is 13.8 Å². The van der Waals surface area contributed by atoms with Crippen LogP contribution in [0.4, 0.5) is 5.13 Å². The molecule has 1 N–H and O–H groups in total. The Morgan fingerprint density at radius 3 is 2.63 bits per heavy atom. The van der Waals surface area contributed by atoms with Crippen molar-refractivity contribution in [1.29, 1.82) is 0 Å². The zero-order chi connectivity index (χ0) is 21.3. The van der Waals surface area contributed by atoms with Crippen LogP contribution in [0.25, 0.3) is 0 Å². The second-order valence-corrected chi connectivity index (χ2v) is 8.80. The molecular formula is C23H31N3O3S. The van der Waals surface area contributed by atoms with Crippen molar-refractivity contribution in [2.45, 2.75) is 52.5 Å². The number of benzene rings is 1. The molecule has 0 unspecified atom stereocenters. The monoisotopic (exact) mass is 429 g/mol. The zero-order valence-corrected chi connectivity index (χ0v) is 18.7. The van der Waals surface area contributed by atoms with Gasteiger partial charge in [0.05, 0.1) is 12.3 Å². The van der Waals surface area contributed by atoms with Gasteiger partial charge in [-0.05, 0) is 62.5 Å². The molecule has 162 valence electrons. The minimum atomic E-state index is -0.182. The first-order valence-corrected chi connectivity index (χ1v) is 11.6. The maximum atomic E-state index is 12.3. The molecule has 2 heterocycles. The first-order chi connectivity index (χ1) is 14.5. The third-order valence-electron chi connectivity index (χ3n) is 5.29. The van der Waals surface area contributed by atoms with E-state index in [1.165, 1.54) is 24.2 Å². The maximum Gasteiger partial charge on any atom is 0.226 e. The summed E-state index contributed by atoms with van der Waals surface area (Å²) in [6.07, 6.45) is 3.72. The molecular weight excluding hydrogens is 398 g/mol. The molecule has 0 spiro atoms. The van der Waals surface area contributed by atoms with Crippen LogP contribution in [0.2, 0.25) is 0 Å². The number of piperidine rings is 1. The number of nitrogens with zero attached hydrogens (tertiary/aromatic N) is 2. The Bertz CT molecular complexity index is 826. The highest BCUT2D eigenvalue weighted by Gasteiger charge is 2.17. The molecule has 0 aliphatic carbocycles. The molecule has 6 nitrogen and oxygen atoms in total. The van der Waals surface area contributed by atoms with E-state index in [4.69, 9.17) is 4.74 Å². The van der Waals surface area contributed by atoms with Crippen molar-refractivity contribution in [3.8, 4) is 5.75 Å². The number of rotatable bonds is 10. The van der Waals surface area contributed by atoms with Gasteiger partial charge in [-0.15, -0.1) is 11.3 Å². The Morgan fingerprint density at radius 1 is 1.20 bits per heavy atom. The largest absolute Gasteiger partial charge is 0.494 e. The summed E-state index contributed by atoms with van der Waals surface area (Å²) in [5.41, 5.74) is 1.59. The number of likely N-dealkylation sites (tertiary alicyclic amines) is 1. The van der Waals surface area contributed by atoms with Crippen molar-refractivity contribution in [1.82, 2.24) is 9.88 Å². The van der Waals surface area contributed by atoms with Gasteiger partial charge < -0.3 is 10.1 Å². The van der Waals surface area contributed by atoms with Crippen molar-refractivity contribution in [2.75, 3.05) is 25.0 Å². The Hall–Kier alpha value is -2.25. The lowest BCUT2D eigenvalue weighted by Crippen LogP contribution is -2.32. The lowest BCUT2D eigenvalue weighted by Gasteiger charge is -2.29. The minimum Gasteiger partial charge on any atom is -0.494 e. The molecule has 30 heavy (non-hydrogen) atoms. The minimum absolute atomic E-state index is 0.0497. The molecule has 1 aliphatic rings. The number of hydrogen-bond donors (Lipinski definition) is 1. The van der Waals surface area contributed by atoms with Crippen molar-refractivity contribution >= 4 is 28.2 Å². The number of carbonyl (C=O) groups is 2. The molecule has 1 fully saturated rings. The lowest BCUT2D eigenvalue weighted by molar-refractivity contribution is -0.116. The van der Waals surface area contributed by atoms with Crippen LogP contribution in [0.15, 0.2) is 29.6 Å². The van der Waals surface area contributed by atoms with E-state index in [0.717, 1.165) is 43.4 Å². The van der Waals surface area contributed by atoms with Gasteiger partial charge >= 0.3 is 0 Å². The highest BCUT2D eigenvalue weighted by Crippen LogP contribution is 2.21. The van der Waals surface area contributed by atoms with Gasteiger partial charge in [-0.2, -0.15) is 0 Å². The standard InChI is InChI=1S/C23H31N3O3S/c1-3-14-29-20-6-4-18(5-7-20)21(27)8-9-22(28)25-23-24-19(16-30-23)15-26-12-10-17(2)11-13-26/h4-7,16-17H,3,8-15H2,1-2H3,(H,24,25,28). The summed E-state index contributed by atoms with van der Waals surface area (Å²) in [5.74, 6) is 1.33. The first-order valence-electron chi connectivity index (χ1n) is 10.8. The quantitative estimate of drug-likeness (QED) is 0.551. The lowest BCUT2D eigenvalue weighted by atomic mass is 9.99. The van der Waals surface area contributed by atoms with Gasteiger partial charge in [0.25, 0.3) is 0 Å². The predicted octanol–water partition coefficient (Wildman–Crippen LogP) is 4.77. The van der Waals surface area contributed by atoms with Crippen molar-refractivity contribution in [3.05, 3.63) is 40.9 Å². The van der Waals surface area contributed by atoms with E-state index < -0.39 is 0 Å². The number of carbonyl (C=O) groups excluding carboxylic acids is 2. The molecule has 3 rings (SSSR count). The second-order valence-electron chi connectivity index (χ2n) is 7.95. The average molecular weight is 430 g/mol. The normalized spacial score (nSPS) is 15.1. The van der Waals surface area contributed by atoms with E-state index in [-0.39, 0.29) is 24.5 Å². The molecule has 0 radical (unpaired) electrons. The maximum absolute atomic E-state index is 12.3.